The minimum Gasteiger partial charge on any atom is 0 e. The van der Waals surface area contributed by atoms with Crippen LogP contribution in [0.1, 0.15) is 69.2 Å². The van der Waals surface area contributed by atoms with Crippen LogP contribution in [0.5, 0.6) is 0 Å². The van der Waals surface area contributed by atoms with E-state index in [1.165, 1.54) is 59.2 Å². The maximum absolute atomic E-state index is 7.50. The van der Waals surface area contributed by atoms with Crippen LogP contribution in [0.2, 0.25) is 0 Å². The van der Waals surface area contributed by atoms with E-state index < -0.39 is 0 Å². The van der Waals surface area contributed by atoms with E-state index in [9.17, 15) is 0 Å². The van der Waals surface area contributed by atoms with Crippen molar-refractivity contribution >= 4 is 36.9 Å². The van der Waals surface area contributed by atoms with Gasteiger partial charge in [-0.15, -0.1) is 0 Å². The molecule has 0 spiro atoms. The Morgan fingerprint density at radius 2 is 0.440 bits per heavy atom. The Morgan fingerprint density at radius 3 is 0.480 bits per heavy atom. The molecule has 0 heterocycles. The van der Waals surface area contributed by atoms with Crippen LogP contribution >= 0.6 is 0 Å². The Kier molecular flexibility index (Phi) is 20.5. The molecule has 12 radical (unpaired) electrons. The second-order valence-electron chi connectivity index (χ2n) is 6.25. The van der Waals surface area contributed by atoms with Crippen molar-refractivity contribution in [2.45, 2.75) is 69.2 Å². The number of hydrogen-bond acceptors (Lipinski definition) is 0. The topological polar surface area (TPSA) is 19.9 Å². The molecule has 25 heavy (non-hydrogen) atoms. The Balaban J connectivity index is -0.000000312. The first kappa shape index (κ1) is 31.9. The molecule has 4 heteroatoms. The van der Waals surface area contributed by atoms with E-state index in [2.05, 4.69) is 75.9 Å². The molecule has 0 atom stereocenters. The quantitative estimate of drug-likeness (QED) is 0.198. The van der Waals surface area contributed by atoms with Gasteiger partial charge < -0.3 is 0 Å². The normalized spacial score (nSPS) is 23.1. The van der Waals surface area contributed by atoms with Crippen LogP contribution in [0.25, 0.3) is 0 Å². The molecular formula is C21H30OTe2Zr. The van der Waals surface area contributed by atoms with Gasteiger partial charge in [0.1, 0.15) is 0 Å². The molecule has 136 valence electrons. The van der Waals surface area contributed by atoms with E-state index in [4.69, 9.17) is 4.65 Å². The van der Waals surface area contributed by atoms with Gasteiger partial charge in [0, 0.05) is 26.2 Å². The fourth-order valence-electron chi connectivity index (χ4n) is 2.81. The molecule has 2 rings (SSSR count). The summed E-state index contributed by atoms with van der Waals surface area (Å²) in [6.45, 7) is 26.5. The van der Waals surface area contributed by atoms with E-state index in [0.717, 1.165) is 0 Å². The van der Waals surface area contributed by atoms with Crippen molar-refractivity contribution in [2.24, 2.45) is 0 Å². The van der Waals surface area contributed by atoms with Crippen molar-refractivity contribution in [3.8, 4) is 0 Å². The molecule has 0 aromatic heterocycles. The van der Waals surface area contributed by atoms with E-state index in [-0.39, 0.29) is 26.2 Å². The fraction of sp³-hybridized carbons (Fsp3) is 0.476. The summed E-state index contributed by atoms with van der Waals surface area (Å²) in [6.07, 6.45) is 0. The zero-order chi connectivity index (χ0) is 19.8. The van der Waals surface area contributed by atoms with Gasteiger partial charge in [-0.25, -0.2) is 0 Å². The van der Waals surface area contributed by atoms with Gasteiger partial charge in [-0.1, -0.05) is 69.2 Å². The van der Waals surface area contributed by atoms with Crippen molar-refractivity contribution in [3.63, 3.8) is 0 Å². The van der Waals surface area contributed by atoms with Gasteiger partial charge in [0.25, 0.3) is 0 Å². The minimum absolute atomic E-state index is 0. The molecule has 0 aromatic rings. The van der Waals surface area contributed by atoms with Crippen LogP contribution in [-0.2, 0) is 30.9 Å². The summed E-state index contributed by atoms with van der Waals surface area (Å²) in [7, 11) is 0. The Morgan fingerprint density at radius 1 is 0.400 bits per heavy atom. The second kappa shape index (κ2) is 16.0. The van der Waals surface area contributed by atoms with Crippen molar-refractivity contribution in [2.75, 3.05) is 0 Å². The second-order valence-corrected chi connectivity index (χ2v) is 6.25. The molecule has 2 saturated carbocycles. The number of hydrogen-bond donors (Lipinski definition) is 0. The van der Waals surface area contributed by atoms with E-state index in [1.54, 1.807) is 0 Å². The van der Waals surface area contributed by atoms with Crippen LogP contribution < -0.4 is 0 Å². The van der Waals surface area contributed by atoms with Crippen LogP contribution in [0.3, 0.4) is 0 Å². The maximum Gasteiger partial charge on any atom is 0 e. The molecule has 0 aromatic carbocycles. The Labute approximate surface area is 200 Å². The standard InChI is InChI=1S/2C10H15.CO.Te2.Zr/c2*1-6-7(2)9(4)10(5)8(6)3;2*1-2;/h2*1-5H3;;;. The molecule has 1 nitrogen and oxygen atoms in total. The van der Waals surface area contributed by atoms with Crippen LogP contribution in [0.15, 0.2) is 0 Å². The predicted molar refractivity (Wildman–Crippen MR) is 105 cm³/mol. The van der Waals surface area contributed by atoms with Gasteiger partial charge in [-0.2, -0.15) is 0 Å². The first-order valence-corrected chi connectivity index (χ1v) is 15.2. The summed E-state index contributed by atoms with van der Waals surface area (Å²) in [4.78, 5) is 0. The molecule has 0 unspecified atom stereocenters. The molecule has 0 aliphatic heterocycles. The summed E-state index contributed by atoms with van der Waals surface area (Å²) in [6, 6.07) is 0. The molecule has 0 saturated heterocycles. The van der Waals surface area contributed by atoms with Crippen molar-refractivity contribution < 1.29 is 30.9 Å². The van der Waals surface area contributed by atoms with Gasteiger partial charge >= 0.3 is 48.2 Å². The zero-order valence-electron chi connectivity index (χ0n) is 17.2. The summed E-state index contributed by atoms with van der Waals surface area (Å²) in [5.74, 6) is 14.7. The third-order valence-electron chi connectivity index (χ3n) is 5.62. The molecule has 0 bridgehead atoms. The average Bonchev–Trinajstić information content (AvgIpc) is 2.89. The van der Waals surface area contributed by atoms with Crippen LogP contribution in [0, 0.1) is 65.8 Å². The van der Waals surface area contributed by atoms with Crippen molar-refractivity contribution in [1.29, 1.82) is 0 Å². The monoisotopic (exact) mass is 648 g/mol. The molecule has 2 aliphatic rings. The van der Waals surface area contributed by atoms with E-state index >= 15 is 0 Å². The van der Waals surface area contributed by atoms with E-state index in [1.807, 2.05) is 36.9 Å². The maximum atomic E-state index is 7.50. The SMILES string of the molecule is C[C]1[C](C)[C](C)[C](C)[C]1C.C[C]1[C](C)[C](C)[C](C)[C]1C.[C-]#[O+].[Te][Te].[Zr]. The summed E-state index contributed by atoms with van der Waals surface area (Å²) in [5.41, 5.74) is 0. The molecule has 0 amide bonds. The smallest absolute Gasteiger partial charge is 0 e. The van der Waals surface area contributed by atoms with Crippen molar-refractivity contribution in [3.05, 3.63) is 65.8 Å². The fourth-order valence-corrected chi connectivity index (χ4v) is 2.81. The first-order chi connectivity index (χ1) is 11.1. The van der Waals surface area contributed by atoms with Gasteiger partial charge in [-0.05, 0) is 59.2 Å². The largest absolute Gasteiger partial charge is 0 e. The Hall–Kier alpha value is 2.20. The zero-order valence-corrected chi connectivity index (χ0v) is 24.3. The van der Waals surface area contributed by atoms with Crippen LogP contribution in [0.4, 0.5) is 0 Å². The van der Waals surface area contributed by atoms with E-state index in [0.29, 0.717) is 0 Å². The van der Waals surface area contributed by atoms with Crippen LogP contribution in [-0.4, -0.2) is 36.9 Å². The first-order valence-electron chi connectivity index (χ1n) is 7.87. The summed E-state index contributed by atoms with van der Waals surface area (Å²) < 4.78 is 7.50. The molecular weight excluding hydrogens is 615 g/mol. The van der Waals surface area contributed by atoms with Gasteiger partial charge in [-0.3, -0.25) is 0 Å². The molecule has 0 N–H and O–H groups in total. The predicted octanol–water partition coefficient (Wildman–Crippen LogP) is 5.14. The average molecular weight is 645 g/mol. The molecule has 2 fully saturated rings. The van der Waals surface area contributed by atoms with Gasteiger partial charge in [0.05, 0.1) is 0 Å². The third-order valence-corrected chi connectivity index (χ3v) is 5.62. The van der Waals surface area contributed by atoms with Gasteiger partial charge in [0.2, 0.25) is 0 Å². The summed E-state index contributed by atoms with van der Waals surface area (Å²) in [5, 5.41) is 0. The van der Waals surface area contributed by atoms with Crippen molar-refractivity contribution in [1.82, 2.24) is 0 Å². The third kappa shape index (κ3) is 8.62. The number of rotatable bonds is 0. The van der Waals surface area contributed by atoms with Gasteiger partial charge in [0.15, 0.2) is 0 Å². The Bertz CT molecular complexity index is 230. The summed E-state index contributed by atoms with van der Waals surface area (Å²) >= 11 is 3.92. The molecule has 2 aliphatic carbocycles. The minimum atomic E-state index is 0.